The van der Waals surface area contributed by atoms with Crippen molar-refractivity contribution in [2.75, 3.05) is 0 Å². The van der Waals surface area contributed by atoms with Crippen LogP contribution in [0.2, 0.25) is 5.02 Å². The minimum atomic E-state index is 0.567. The molecule has 3 aromatic rings. The van der Waals surface area contributed by atoms with E-state index in [4.69, 9.17) is 11.6 Å². The summed E-state index contributed by atoms with van der Waals surface area (Å²) in [6.07, 6.45) is 3.40. The number of hydrogen-bond acceptors (Lipinski definition) is 3. The summed E-state index contributed by atoms with van der Waals surface area (Å²) in [5, 5.41) is 4.70. The number of rotatable bonds is 1. The van der Waals surface area contributed by atoms with E-state index < -0.39 is 0 Å². The molecule has 0 saturated carbocycles. The van der Waals surface area contributed by atoms with Crippen LogP contribution in [0.3, 0.4) is 0 Å². The molecule has 3 aromatic heterocycles. The fourth-order valence-corrected chi connectivity index (χ4v) is 2.01. The van der Waals surface area contributed by atoms with Gasteiger partial charge in [-0.2, -0.15) is 5.10 Å². The van der Waals surface area contributed by atoms with Crippen LogP contribution in [-0.4, -0.2) is 19.6 Å². The van der Waals surface area contributed by atoms with Gasteiger partial charge in [-0.3, -0.25) is 0 Å². The zero-order valence-electron chi connectivity index (χ0n) is 8.51. The zero-order valence-corrected chi connectivity index (χ0v) is 10.9. The lowest BCUT2D eigenvalue weighted by atomic mass is 10.3. The third-order valence-electron chi connectivity index (χ3n) is 2.26. The van der Waals surface area contributed by atoms with E-state index in [1.807, 2.05) is 24.4 Å². The van der Waals surface area contributed by atoms with Gasteiger partial charge in [0.1, 0.15) is 10.3 Å². The van der Waals surface area contributed by atoms with Gasteiger partial charge in [0.05, 0.1) is 23.1 Å². The van der Waals surface area contributed by atoms with Crippen LogP contribution in [0, 0.1) is 0 Å². The molecule has 0 aromatic carbocycles. The second-order valence-corrected chi connectivity index (χ2v) is 4.70. The molecule has 0 bridgehead atoms. The minimum absolute atomic E-state index is 0.567. The summed E-state index contributed by atoms with van der Waals surface area (Å²) in [5.74, 6) is 0. The Labute approximate surface area is 110 Å². The third kappa shape index (κ3) is 2.03. The van der Waals surface area contributed by atoms with Crippen molar-refractivity contribution < 1.29 is 0 Å². The van der Waals surface area contributed by atoms with Crippen molar-refractivity contribution >= 4 is 33.2 Å². The number of fused-ring (bicyclic) bond motifs is 1. The van der Waals surface area contributed by atoms with E-state index >= 15 is 0 Å². The maximum atomic E-state index is 5.86. The molecule has 0 fully saturated rings. The van der Waals surface area contributed by atoms with Crippen LogP contribution in [0.4, 0.5) is 0 Å². The summed E-state index contributed by atoms with van der Waals surface area (Å²) >= 11 is 9.19. The minimum Gasteiger partial charge on any atom is -0.239 e. The van der Waals surface area contributed by atoms with Gasteiger partial charge in [0, 0.05) is 6.07 Å². The molecule has 0 unspecified atom stereocenters. The van der Waals surface area contributed by atoms with Crippen molar-refractivity contribution in [1.29, 1.82) is 0 Å². The second kappa shape index (κ2) is 4.09. The average molecular weight is 310 g/mol. The highest BCUT2D eigenvalue weighted by atomic mass is 79.9. The molecule has 0 saturated heterocycles. The van der Waals surface area contributed by atoms with Gasteiger partial charge >= 0.3 is 0 Å². The Morgan fingerprint density at radius 1 is 1.18 bits per heavy atom. The lowest BCUT2D eigenvalue weighted by Crippen LogP contribution is -1.87. The first-order chi connectivity index (χ1) is 8.22. The van der Waals surface area contributed by atoms with Crippen LogP contribution in [0.5, 0.6) is 0 Å². The molecule has 3 rings (SSSR count). The van der Waals surface area contributed by atoms with Crippen LogP contribution >= 0.6 is 27.5 Å². The molecule has 0 atom stereocenters. The maximum Gasteiger partial charge on any atom is 0.155 e. The Hall–Kier alpha value is -1.46. The Morgan fingerprint density at radius 2 is 2.06 bits per heavy atom. The van der Waals surface area contributed by atoms with Crippen LogP contribution in [0.15, 0.2) is 41.3 Å². The molecule has 3 heterocycles. The van der Waals surface area contributed by atoms with Crippen molar-refractivity contribution in [2.24, 2.45) is 0 Å². The highest BCUT2D eigenvalue weighted by molar-refractivity contribution is 9.10. The van der Waals surface area contributed by atoms with Gasteiger partial charge in [-0.25, -0.2) is 14.5 Å². The molecule has 17 heavy (non-hydrogen) atoms. The van der Waals surface area contributed by atoms with E-state index in [9.17, 15) is 0 Å². The molecular formula is C11H6BrClN4. The van der Waals surface area contributed by atoms with Gasteiger partial charge in [-0.1, -0.05) is 17.7 Å². The summed E-state index contributed by atoms with van der Waals surface area (Å²) in [4.78, 5) is 8.76. The average Bonchev–Trinajstić information content (AvgIpc) is 2.72. The Bertz CT molecular complexity index is 695. The Morgan fingerprint density at radius 3 is 2.88 bits per heavy atom. The second-order valence-electron chi connectivity index (χ2n) is 3.45. The van der Waals surface area contributed by atoms with Crippen LogP contribution < -0.4 is 0 Å². The van der Waals surface area contributed by atoms with Gasteiger partial charge in [0.15, 0.2) is 5.65 Å². The van der Waals surface area contributed by atoms with E-state index in [0.717, 1.165) is 16.0 Å². The summed E-state index contributed by atoms with van der Waals surface area (Å²) in [6.45, 7) is 0. The quantitative estimate of drug-likeness (QED) is 0.648. The number of halogens is 2. The monoisotopic (exact) mass is 308 g/mol. The van der Waals surface area contributed by atoms with Gasteiger partial charge in [0.2, 0.25) is 0 Å². The topological polar surface area (TPSA) is 43.1 Å². The molecule has 0 aliphatic heterocycles. The number of pyridine rings is 1. The van der Waals surface area contributed by atoms with Gasteiger partial charge < -0.3 is 0 Å². The summed E-state index contributed by atoms with van der Waals surface area (Å²) in [7, 11) is 0. The molecule has 0 aliphatic rings. The van der Waals surface area contributed by atoms with Crippen molar-refractivity contribution in [3.63, 3.8) is 0 Å². The maximum absolute atomic E-state index is 5.86. The first-order valence-electron chi connectivity index (χ1n) is 4.86. The number of hydrogen-bond donors (Lipinski definition) is 0. The van der Waals surface area contributed by atoms with Gasteiger partial charge in [-0.15, -0.1) is 0 Å². The first-order valence-corrected chi connectivity index (χ1v) is 6.03. The van der Waals surface area contributed by atoms with E-state index in [-0.39, 0.29) is 0 Å². The van der Waals surface area contributed by atoms with Crippen molar-refractivity contribution in [1.82, 2.24) is 19.6 Å². The lowest BCUT2D eigenvalue weighted by molar-refractivity contribution is 0.936. The first kappa shape index (κ1) is 10.7. The smallest absolute Gasteiger partial charge is 0.155 e. The molecule has 0 aliphatic carbocycles. The van der Waals surface area contributed by atoms with E-state index in [1.54, 1.807) is 16.8 Å². The predicted octanol–water partition coefficient (Wildman–Crippen LogP) is 3.21. The summed E-state index contributed by atoms with van der Waals surface area (Å²) < 4.78 is 2.45. The fourth-order valence-electron chi connectivity index (χ4n) is 1.53. The molecule has 0 amide bonds. The highest BCUT2D eigenvalue weighted by Crippen LogP contribution is 2.19. The fraction of sp³-hybridized carbons (Fsp3) is 0. The van der Waals surface area contributed by atoms with E-state index in [0.29, 0.717) is 10.7 Å². The number of aromatic nitrogens is 4. The van der Waals surface area contributed by atoms with Gasteiger partial charge in [-0.05, 0) is 28.1 Å². The zero-order chi connectivity index (χ0) is 11.8. The largest absolute Gasteiger partial charge is 0.239 e. The van der Waals surface area contributed by atoms with Crippen LogP contribution in [0.25, 0.3) is 17.0 Å². The molecule has 0 N–H and O–H groups in total. The van der Waals surface area contributed by atoms with Crippen LogP contribution in [0.1, 0.15) is 0 Å². The number of nitrogens with zero attached hydrogens (tertiary/aromatic N) is 4. The highest BCUT2D eigenvalue weighted by Gasteiger charge is 2.06. The molecule has 0 radical (unpaired) electrons. The Balaban J connectivity index is 2.18. The molecule has 4 nitrogen and oxygen atoms in total. The summed E-state index contributed by atoms with van der Waals surface area (Å²) in [5.41, 5.74) is 2.26. The van der Waals surface area contributed by atoms with Crippen molar-refractivity contribution in [3.8, 4) is 11.4 Å². The predicted molar refractivity (Wildman–Crippen MR) is 68.9 cm³/mol. The lowest BCUT2D eigenvalue weighted by Gasteiger charge is -1.94. The molecule has 6 heteroatoms. The molecular weight excluding hydrogens is 304 g/mol. The van der Waals surface area contributed by atoms with Crippen molar-refractivity contribution in [2.45, 2.75) is 0 Å². The SMILES string of the molecule is Clc1cnn2cc(-c3cccc(Br)n3)nc2c1. The van der Waals surface area contributed by atoms with E-state index in [2.05, 4.69) is 31.0 Å². The standard InChI is InChI=1S/C11H6BrClN4/c12-10-3-1-2-8(15-10)9-6-17-11(16-9)4-7(13)5-14-17/h1-6H. The molecule has 0 spiro atoms. The van der Waals surface area contributed by atoms with Gasteiger partial charge in [0.25, 0.3) is 0 Å². The summed E-state index contributed by atoms with van der Waals surface area (Å²) in [6, 6.07) is 7.44. The van der Waals surface area contributed by atoms with E-state index in [1.165, 1.54) is 0 Å². The van der Waals surface area contributed by atoms with Crippen molar-refractivity contribution in [3.05, 3.63) is 46.3 Å². The third-order valence-corrected chi connectivity index (χ3v) is 2.91. The molecule has 84 valence electrons. The van der Waals surface area contributed by atoms with Crippen LogP contribution in [-0.2, 0) is 0 Å². The normalized spacial score (nSPS) is 10.9. The number of imidazole rings is 1. The Kier molecular flexibility index (Phi) is 2.57.